The van der Waals surface area contributed by atoms with Crippen LogP contribution in [0.2, 0.25) is 0 Å². The predicted molar refractivity (Wildman–Crippen MR) is 328 cm³/mol. The summed E-state index contributed by atoms with van der Waals surface area (Å²) >= 11 is 0. The summed E-state index contributed by atoms with van der Waals surface area (Å²) in [7, 11) is 0. The summed E-state index contributed by atoms with van der Waals surface area (Å²) in [4.78, 5) is 67.3. The van der Waals surface area contributed by atoms with Gasteiger partial charge in [0.1, 0.15) is 94.2 Å². The molecule has 1 aliphatic carbocycles. The van der Waals surface area contributed by atoms with Gasteiger partial charge in [0.2, 0.25) is 0 Å². The van der Waals surface area contributed by atoms with E-state index in [2.05, 4.69) is 82.1 Å². The molecule has 0 aromatic heterocycles. The number of aliphatic hydroxyl groups is 3. The number of carboxylic acids is 1. The normalized spacial score (nSPS) is 13.4. The van der Waals surface area contributed by atoms with Crippen LogP contribution in [0.25, 0.3) is 0 Å². The Bertz CT molecular complexity index is 2230. The first kappa shape index (κ1) is 80.7. The third-order valence-electron chi connectivity index (χ3n) is 9.40. The molecule has 0 heterocycles. The van der Waals surface area contributed by atoms with Crippen molar-refractivity contribution in [1.82, 2.24) is 0 Å². The molecule has 0 fully saturated rings. The average Bonchev–Trinajstić information content (AvgIpc) is 3.68. The lowest BCUT2D eigenvalue weighted by Crippen LogP contribution is -2.37. The van der Waals surface area contributed by atoms with Crippen LogP contribution in [0, 0.1) is 11.8 Å². The number of carboxylic acid groups (broad SMARTS) is 1. The van der Waals surface area contributed by atoms with E-state index >= 15 is 0 Å². The predicted octanol–water partition coefficient (Wildman–Crippen LogP) is 10.7. The molecule has 6 unspecified atom stereocenters. The second kappa shape index (κ2) is 54.7. The minimum atomic E-state index is -1.04. The lowest BCUT2D eigenvalue weighted by Gasteiger charge is -2.26. The van der Waals surface area contributed by atoms with E-state index in [0.717, 1.165) is 24.3 Å². The molecule has 0 radical (unpaired) electrons. The fourth-order valence-electron chi connectivity index (χ4n) is 5.64. The minimum Gasteiger partial charge on any atom is -0.491 e. The molecule has 4 aromatic rings. The van der Waals surface area contributed by atoms with Crippen molar-refractivity contribution in [3.05, 3.63) is 184 Å². The van der Waals surface area contributed by atoms with Crippen molar-refractivity contribution in [2.75, 3.05) is 52.9 Å². The van der Waals surface area contributed by atoms with E-state index in [4.69, 9.17) is 28.4 Å². The highest BCUT2D eigenvalue weighted by Crippen LogP contribution is 2.28. The summed E-state index contributed by atoms with van der Waals surface area (Å²) in [6, 6.07) is 36.2. The van der Waals surface area contributed by atoms with Crippen molar-refractivity contribution in [2.24, 2.45) is 11.8 Å². The Hall–Kier alpha value is -8.52. The molecular formula is C66H92O19. The van der Waals surface area contributed by atoms with Crippen LogP contribution in [-0.4, -0.2) is 134 Å². The van der Waals surface area contributed by atoms with Gasteiger partial charge in [0, 0.05) is 24.3 Å². The summed E-state index contributed by atoms with van der Waals surface area (Å²) in [5, 5.41) is 37.6. The Balaban J connectivity index is -0.00000103. The number of carbonyl (C=O) groups is 6. The van der Waals surface area contributed by atoms with Gasteiger partial charge in [-0.3, -0.25) is 9.59 Å². The maximum Gasteiger partial charge on any atom is 0.330 e. The number of ether oxygens (including phenoxy) is 9. The van der Waals surface area contributed by atoms with Crippen LogP contribution in [0.4, 0.5) is 0 Å². The quantitative estimate of drug-likeness (QED) is 0.0187. The second-order valence-electron chi connectivity index (χ2n) is 17.5. The zero-order chi connectivity index (χ0) is 63.2. The Morgan fingerprint density at radius 3 is 0.929 bits per heavy atom. The Labute approximate surface area is 503 Å². The summed E-state index contributed by atoms with van der Waals surface area (Å²) in [6.45, 7) is 25.5. The zero-order valence-electron chi connectivity index (χ0n) is 49.4. The monoisotopic (exact) mass is 1190 g/mol. The number of aliphatic hydroxyl groups excluding tert-OH is 3. The van der Waals surface area contributed by atoms with Crippen molar-refractivity contribution in [3.8, 4) is 23.0 Å². The van der Waals surface area contributed by atoms with Crippen molar-refractivity contribution in [2.45, 2.75) is 105 Å². The van der Waals surface area contributed by atoms with Crippen molar-refractivity contribution in [1.29, 1.82) is 0 Å². The molecule has 4 aromatic carbocycles. The van der Waals surface area contributed by atoms with Crippen LogP contribution in [0.1, 0.15) is 81.1 Å². The highest BCUT2D eigenvalue weighted by atomic mass is 16.6. The number of hydrogen-bond donors (Lipinski definition) is 4. The molecule has 0 bridgehead atoms. The van der Waals surface area contributed by atoms with Gasteiger partial charge in [0.15, 0.2) is 6.10 Å². The van der Waals surface area contributed by atoms with Crippen LogP contribution in [-0.2, 0) is 52.5 Å². The number of aliphatic carboxylic acids is 1. The van der Waals surface area contributed by atoms with Gasteiger partial charge in [-0.1, -0.05) is 179 Å². The third-order valence-corrected chi connectivity index (χ3v) is 9.40. The van der Waals surface area contributed by atoms with E-state index in [-0.39, 0.29) is 73.1 Å². The van der Waals surface area contributed by atoms with Crippen LogP contribution in [0.3, 0.4) is 0 Å². The van der Waals surface area contributed by atoms with E-state index in [1.165, 1.54) is 19.3 Å². The van der Waals surface area contributed by atoms with Crippen LogP contribution in [0.15, 0.2) is 184 Å². The Kier molecular flexibility index (Phi) is 51.9. The van der Waals surface area contributed by atoms with Gasteiger partial charge in [-0.05, 0) is 61.4 Å². The zero-order valence-corrected chi connectivity index (χ0v) is 49.4. The number of allylic oxidation sites excluding steroid dienone is 2. The van der Waals surface area contributed by atoms with E-state index in [1.807, 2.05) is 60.7 Å². The lowest BCUT2D eigenvalue weighted by molar-refractivity contribution is -0.167. The topological polar surface area (TPSA) is 266 Å². The number of esters is 5. The van der Waals surface area contributed by atoms with E-state index in [0.29, 0.717) is 23.0 Å². The number of carbonyl (C=O) groups excluding carboxylic acids is 5. The molecule has 0 amide bonds. The summed E-state index contributed by atoms with van der Waals surface area (Å²) in [6.07, 6.45) is 8.55. The number of benzene rings is 4. The maximum atomic E-state index is 12.5. The summed E-state index contributed by atoms with van der Waals surface area (Å²) in [5.41, 5.74) is 0. The van der Waals surface area contributed by atoms with E-state index in [1.54, 1.807) is 72.8 Å². The first-order valence-corrected chi connectivity index (χ1v) is 27.4. The second-order valence-corrected chi connectivity index (χ2v) is 17.5. The van der Waals surface area contributed by atoms with Gasteiger partial charge in [0.25, 0.3) is 0 Å². The smallest absolute Gasteiger partial charge is 0.330 e. The maximum absolute atomic E-state index is 12.5. The van der Waals surface area contributed by atoms with Crippen molar-refractivity contribution >= 4 is 35.8 Å². The van der Waals surface area contributed by atoms with Crippen molar-refractivity contribution < 1.29 is 91.8 Å². The molecule has 470 valence electrons. The van der Waals surface area contributed by atoms with E-state index in [9.17, 15) is 49.2 Å². The first-order valence-electron chi connectivity index (χ1n) is 27.4. The highest BCUT2D eigenvalue weighted by Gasteiger charge is 2.36. The molecule has 1 aliphatic rings. The fourth-order valence-corrected chi connectivity index (χ4v) is 5.64. The van der Waals surface area contributed by atoms with Gasteiger partial charge in [-0.25, -0.2) is 19.2 Å². The van der Waals surface area contributed by atoms with Gasteiger partial charge in [-0.2, -0.15) is 0 Å². The minimum absolute atomic E-state index is 0. The molecular weight excluding hydrogens is 1100 g/mol. The SMILES string of the molecule is C.C=CC(=O)OCC(COc1ccccc1)OC(=O)C1CC=CCC1C(=O)O.C=CC(=O)OCC(O)COc1ccccc1.C=CC(=O)OCC(O)COc1ccccc1.C=CC(=O)OCC(O)COc1ccccc1.CCC.CCC.CCC. The summed E-state index contributed by atoms with van der Waals surface area (Å²) in [5.74, 6) is -3.09. The molecule has 19 nitrogen and oxygen atoms in total. The lowest BCUT2D eigenvalue weighted by atomic mass is 9.83. The molecule has 4 N–H and O–H groups in total. The first-order chi connectivity index (χ1) is 40.4. The molecule has 19 heteroatoms. The number of para-hydroxylation sites is 4. The molecule has 0 saturated heterocycles. The highest BCUT2D eigenvalue weighted by molar-refractivity contribution is 5.83. The third kappa shape index (κ3) is 45.7. The van der Waals surface area contributed by atoms with Crippen LogP contribution < -0.4 is 18.9 Å². The molecule has 6 atom stereocenters. The van der Waals surface area contributed by atoms with Gasteiger partial charge >= 0.3 is 35.8 Å². The van der Waals surface area contributed by atoms with Crippen LogP contribution in [0.5, 0.6) is 23.0 Å². The summed E-state index contributed by atoms with van der Waals surface area (Å²) < 4.78 is 45.7. The van der Waals surface area contributed by atoms with E-state index < -0.39 is 72.1 Å². The molecule has 0 aliphatic heterocycles. The van der Waals surface area contributed by atoms with Crippen molar-refractivity contribution in [3.63, 3.8) is 0 Å². The Morgan fingerprint density at radius 2 is 0.671 bits per heavy atom. The average molecular weight is 1190 g/mol. The molecule has 0 spiro atoms. The Morgan fingerprint density at radius 1 is 0.424 bits per heavy atom. The van der Waals surface area contributed by atoms with Gasteiger partial charge in [-0.15, -0.1) is 0 Å². The van der Waals surface area contributed by atoms with Gasteiger partial charge in [0.05, 0.1) is 11.8 Å². The molecule has 0 saturated carbocycles. The fraction of sp³-hybridized carbons (Fsp3) is 0.394. The van der Waals surface area contributed by atoms with Gasteiger partial charge < -0.3 is 63.1 Å². The largest absolute Gasteiger partial charge is 0.491 e. The number of rotatable bonds is 27. The number of hydrogen-bond acceptors (Lipinski definition) is 18. The van der Waals surface area contributed by atoms with Crippen LogP contribution >= 0.6 is 0 Å². The standard InChI is InChI=1S/C20H22O7.3C12H14O4.3C3H8.CH4/c1-2-18(21)26-13-15(12-25-14-8-4-3-5-9-14)27-20(24)17-11-7-6-10-16(17)19(22)23;3*1-2-12(14)16-9-10(13)8-15-11-6-4-3-5-7-11;3*1-3-2;/h2-9,15-17H,1,10-13H2,(H,22,23);3*2-7,10,13H,1,8-9H2;3*3H2,1-2H3;1H4. The molecule has 5 rings (SSSR count). The molecule has 85 heavy (non-hydrogen) atoms.